The van der Waals surface area contributed by atoms with Crippen molar-refractivity contribution in [3.8, 4) is 5.75 Å². The number of nitrogens with one attached hydrogen (secondary N) is 2. The van der Waals surface area contributed by atoms with Crippen LogP contribution in [-0.4, -0.2) is 5.11 Å². The summed E-state index contributed by atoms with van der Waals surface area (Å²) in [7, 11) is 0. The highest BCUT2D eigenvalue weighted by molar-refractivity contribution is 5.91. The molecule has 0 bridgehead atoms. The molecule has 3 nitrogen and oxygen atoms in total. The Kier molecular flexibility index (Phi) is 4.11. The van der Waals surface area contributed by atoms with Crippen LogP contribution in [0, 0.1) is 6.92 Å². The van der Waals surface area contributed by atoms with Crippen molar-refractivity contribution in [1.82, 2.24) is 0 Å². The van der Waals surface area contributed by atoms with Crippen molar-refractivity contribution >= 4 is 22.3 Å². The third-order valence-corrected chi connectivity index (χ3v) is 3.04. The first-order valence-electron chi connectivity index (χ1n) is 6.20. The molecule has 0 aliphatic carbocycles. The van der Waals surface area contributed by atoms with Crippen molar-refractivity contribution in [1.29, 1.82) is 0 Å². The Morgan fingerprint density at radius 2 is 1.80 bits per heavy atom. The third kappa shape index (κ3) is 2.83. The van der Waals surface area contributed by atoms with E-state index in [4.69, 9.17) is 0 Å². The van der Waals surface area contributed by atoms with Gasteiger partial charge in [-0.3, -0.25) is 0 Å². The van der Waals surface area contributed by atoms with Crippen LogP contribution in [-0.2, 0) is 0 Å². The molecule has 1 heterocycles. The molecule has 102 valence electrons. The molecule has 0 saturated heterocycles. The van der Waals surface area contributed by atoms with Crippen LogP contribution in [0.3, 0.4) is 0 Å². The van der Waals surface area contributed by atoms with Crippen LogP contribution in [0.25, 0.3) is 10.9 Å². The Morgan fingerprint density at radius 1 is 1.00 bits per heavy atom. The van der Waals surface area contributed by atoms with Crippen LogP contribution < -0.4 is 22.7 Å². The zero-order valence-corrected chi connectivity index (χ0v) is 11.8. The normalized spacial score (nSPS) is 10.1. The van der Waals surface area contributed by atoms with E-state index in [-0.39, 0.29) is 18.2 Å². The molecule has 3 N–H and O–H groups in total. The van der Waals surface area contributed by atoms with Crippen LogP contribution >= 0.6 is 0 Å². The van der Waals surface area contributed by atoms with E-state index in [2.05, 4.69) is 28.5 Å². The van der Waals surface area contributed by atoms with Gasteiger partial charge in [0.05, 0.1) is 11.1 Å². The number of aromatic nitrogens is 1. The minimum absolute atomic E-state index is 0. The summed E-state index contributed by atoms with van der Waals surface area (Å²) in [5, 5.41) is 14.0. The maximum atomic E-state index is 9.51. The van der Waals surface area contributed by atoms with E-state index in [1.165, 1.54) is 0 Å². The molecule has 0 atom stereocenters. The van der Waals surface area contributed by atoms with Crippen molar-refractivity contribution < 1.29 is 22.5 Å². The van der Waals surface area contributed by atoms with Crippen molar-refractivity contribution in [2.75, 3.05) is 5.32 Å². The van der Waals surface area contributed by atoms with E-state index in [0.29, 0.717) is 0 Å². The summed E-state index contributed by atoms with van der Waals surface area (Å²) in [6.07, 6.45) is 0. The summed E-state index contributed by atoms with van der Waals surface area (Å²) in [6.45, 7) is 2.03. The molecular weight excluding hydrogens is 272 g/mol. The zero-order valence-electron chi connectivity index (χ0n) is 11.0. The predicted molar refractivity (Wildman–Crippen MR) is 76.6 cm³/mol. The van der Waals surface area contributed by atoms with Crippen molar-refractivity contribution in [2.45, 2.75) is 6.92 Å². The minimum atomic E-state index is 0. The Labute approximate surface area is 123 Å². The highest BCUT2D eigenvalue weighted by Gasteiger charge is 2.08. The lowest BCUT2D eigenvalue weighted by Crippen LogP contribution is -3.00. The average Bonchev–Trinajstić information content (AvgIpc) is 2.38. The van der Waals surface area contributed by atoms with E-state index in [9.17, 15) is 5.11 Å². The second-order valence-electron chi connectivity index (χ2n) is 4.59. The number of aromatic hydroxyl groups is 1. The number of rotatable bonds is 2. The SMILES string of the molecule is Cc1cc(Nc2cccc(O)c2)c2ccccc2[nH+]1.[Cl-]. The summed E-state index contributed by atoms with van der Waals surface area (Å²) in [5.41, 5.74) is 4.07. The van der Waals surface area contributed by atoms with Gasteiger partial charge in [0.15, 0.2) is 5.69 Å². The van der Waals surface area contributed by atoms with Gasteiger partial charge in [-0.05, 0) is 18.2 Å². The fourth-order valence-electron chi connectivity index (χ4n) is 2.21. The van der Waals surface area contributed by atoms with E-state index in [1.54, 1.807) is 12.1 Å². The van der Waals surface area contributed by atoms with Crippen LogP contribution in [0.2, 0.25) is 0 Å². The highest BCUT2D eigenvalue weighted by Crippen LogP contribution is 2.26. The van der Waals surface area contributed by atoms with Gasteiger partial charge in [-0.1, -0.05) is 18.2 Å². The van der Waals surface area contributed by atoms with Gasteiger partial charge in [-0.25, -0.2) is 4.98 Å². The number of phenolic OH excluding ortho intramolecular Hbond substituents is 1. The molecule has 0 radical (unpaired) electrons. The van der Waals surface area contributed by atoms with Crippen molar-refractivity contribution in [3.63, 3.8) is 0 Å². The number of phenols is 1. The summed E-state index contributed by atoms with van der Waals surface area (Å²) >= 11 is 0. The van der Waals surface area contributed by atoms with Gasteiger partial charge in [0.1, 0.15) is 5.75 Å². The Balaban J connectivity index is 0.00000147. The van der Waals surface area contributed by atoms with Crippen molar-refractivity contribution in [2.24, 2.45) is 0 Å². The molecule has 3 rings (SSSR count). The Bertz CT molecular complexity index is 743. The predicted octanol–water partition coefficient (Wildman–Crippen LogP) is 0.416. The van der Waals surface area contributed by atoms with Crippen LogP contribution in [0.5, 0.6) is 5.75 Å². The molecule has 2 aromatic carbocycles. The quantitative estimate of drug-likeness (QED) is 0.717. The lowest BCUT2D eigenvalue weighted by Gasteiger charge is -2.08. The fourth-order valence-corrected chi connectivity index (χ4v) is 2.21. The van der Waals surface area contributed by atoms with E-state index in [1.807, 2.05) is 31.2 Å². The molecule has 0 aliphatic rings. The molecule has 0 spiro atoms. The first kappa shape index (κ1) is 14.2. The zero-order chi connectivity index (χ0) is 13.2. The number of halogens is 1. The molecule has 4 heteroatoms. The lowest BCUT2D eigenvalue weighted by molar-refractivity contribution is -0.354. The van der Waals surface area contributed by atoms with Gasteiger partial charge >= 0.3 is 0 Å². The van der Waals surface area contributed by atoms with Gasteiger partial charge in [-0.2, -0.15) is 0 Å². The number of anilines is 2. The maximum Gasteiger partial charge on any atom is 0.213 e. The summed E-state index contributed by atoms with van der Waals surface area (Å²) < 4.78 is 0. The van der Waals surface area contributed by atoms with Crippen LogP contribution in [0.1, 0.15) is 5.69 Å². The first-order chi connectivity index (χ1) is 9.22. The number of aromatic amines is 1. The van der Waals surface area contributed by atoms with Gasteiger partial charge in [0.2, 0.25) is 5.52 Å². The smallest absolute Gasteiger partial charge is 0.213 e. The first-order valence-corrected chi connectivity index (χ1v) is 6.20. The summed E-state index contributed by atoms with van der Waals surface area (Å²) in [4.78, 5) is 3.34. The monoisotopic (exact) mass is 286 g/mol. The van der Waals surface area contributed by atoms with Crippen molar-refractivity contribution in [3.05, 3.63) is 60.3 Å². The number of hydrogen-bond donors (Lipinski definition) is 2. The highest BCUT2D eigenvalue weighted by atomic mass is 35.5. The van der Waals surface area contributed by atoms with Crippen LogP contribution in [0.4, 0.5) is 11.4 Å². The molecule has 0 aliphatic heterocycles. The number of pyridine rings is 1. The standard InChI is InChI=1S/C16H14N2O.ClH/c1-11-9-16(14-7-2-3-8-15(14)17-11)18-12-5-4-6-13(19)10-12;/h2-10,19H,1H3,(H,17,18);1H. The van der Waals surface area contributed by atoms with E-state index < -0.39 is 0 Å². The summed E-state index contributed by atoms with van der Waals surface area (Å²) in [6, 6.07) is 17.3. The van der Waals surface area contributed by atoms with E-state index in [0.717, 1.165) is 28.0 Å². The molecule has 3 aromatic rings. The van der Waals surface area contributed by atoms with Gasteiger partial charge < -0.3 is 22.8 Å². The van der Waals surface area contributed by atoms with Gasteiger partial charge in [0, 0.05) is 30.8 Å². The number of fused-ring (bicyclic) bond motifs is 1. The number of para-hydroxylation sites is 1. The topological polar surface area (TPSA) is 46.4 Å². The molecule has 0 saturated carbocycles. The number of H-pyrrole nitrogens is 1. The van der Waals surface area contributed by atoms with Crippen LogP contribution in [0.15, 0.2) is 54.6 Å². The third-order valence-electron chi connectivity index (χ3n) is 3.04. The Hall–Kier alpha value is -2.26. The van der Waals surface area contributed by atoms with Gasteiger partial charge in [0.25, 0.3) is 0 Å². The summed E-state index contributed by atoms with van der Waals surface area (Å²) in [5.74, 6) is 0.258. The number of aryl methyl sites for hydroxylation is 1. The molecule has 0 unspecified atom stereocenters. The Morgan fingerprint density at radius 3 is 2.60 bits per heavy atom. The molecule has 0 amide bonds. The molecule has 0 fully saturated rings. The molecule has 20 heavy (non-hydrogen) atoms. The minimum Gasteiger partial charge on any atom is -1.00 e. The van der Waals surface area contributed by atoms with E-state index >= 15 is 0 Å². The largest absolute Gasteiger partial charge is 1.00 e. The fraction of sp³-hybridized carbons (Fsp3) is 0.0625. The average molecular weight is 287 g/mol. The maximum absolute atomic E-state index is 9.51. The lowest BCUT2D eigenvalue weighted by atomic mass is 10.1. The number of hydrogen-bond acceptors (Lipinski definition) is 2. The molecule has 1 aromatic heterocycles. The van der Waals surface area contributed by atoms with Gasteiger partial charge in [-0.15, -0.1) is 0 Å². The molecular formula is C16H15ClN2O. The number of benzene rings is 2. The second kappa shape index (κ2) is 5.80. The second-order valence-corrected chi connectivity index (χ2v) is 4.59.